The van der Waals surface area contributed by atoms with Crippen molar-refractivity contribution in [3.8, 4) is 0 Å². The van der Waals surface area contributed by atoms with E-state index in [4.69, 9.17) is 0 Å². The molecule has 7 valence electrons. The summed E-state index contributed by atoms with van der Waals surface area (Å²) in [5.74, 6) is 0. The van der Waals surface area contributed by atoms with Gasteiger partial charge in [0.15, 0.2) is 0 Å². The Morgan fingerprint density at radius 3 is 1.00 bits per heavy atom. The van der Waals surface area contributed by atoms with E-state index in [-0.39, 0.29) is 118 Å². The smallest absolute Gasteiger partial charge is 0 e. The second-order valence-corrected chi connectivity index (χ2v) is 0. The van der Waals surface area contributed by atoms with Gasteiger partial charge in [-0.25, -0.2) is 0 Å². The Labute approximate surface area is 114 Å². The molecule has 0 aromatic heterocycles. The monoisotopic (exact) mass is 153 g/mol. The van der Waals surface area contributed by atoms with Gasteiger partial charge in [0.05, 0.1) is 0 Å². The maximum Gasteiger partial charge on any atom is 0 e. The average molecular weight is 154 g/mol. The van der Waals surface area contributed by atoms with Crippen LogP contribution in [0.1, 0.15) is 0 Å². The van der Waals surface area contributed by atoms with Crippen molar-refractivity contribution in [3.05, 3.63) is 0 Å². The first-order valence-corrected chi connectivity index (χ1v) is 0. The van der Waals surface area contributed by atoms with Crippen LogP contribution in [0.3, 0.4) is 0 Å². The molecule has 0 N–H and O–H groups in total. The van der Waals surface area contributed by atoms with E-state index in [0.717, 1.165) is 0 Å². The Kier molecular flexibility index (Phi) is 99.0. The van der Waals surface area contributed by atoms with Crippen LogP contribution in [-0.4, -0.2) is 98.3 Å². The summed E-state index contributed by atoms with van der Waals surface area (Å²) in [5.41, 5.74) is 0. The first kappa shape index (κ1) is 25.0. The van der Waals surface area contributed by atoms with Crippen molar-refractivity contribution >= 4 is 98.3 Å². The van der Waals surface area contributed by atoms with E-state index < -0.39 is 0 Å². The quantitative estimate of drug-likeness (QED) is 0.387. The molecule has 0 aliphatic carbocycles. The third kappa shape index (κ3) is 9.25. The van der Waals surface area contributed by atoms with Crippen molar-refractivity contribution in [2.24, 2.45) is 0 Å². The third-order valence-corrected chi connectivity index (χ3v) is 0. The van der Waals surface area contributed by atoms with Crippen LogP contribution >= 0.6 is 0 Å². The normalized spacial score (nSPS) is 0. The molecule has 0 bridgehead atoms. The fourth-order valence-corrected chi connectivity index (χ4v) is 0. The molecule has 0 unspecified atom stereocenters. The zero-order valence-corrected chi connectivity index (χ0v) is 12.5. The van der Waals surface area contributed by atoms with Gasteiger partial charge in [-0.2, -0.15) is 0 Å². The van der Waals surface area contributed by atoms with Crippen LogP contribution in [0.5, 0.6) is 0 Å². The number of hydrogen-bond donors (Lipinski definition) is 0. The van der Waals surface area contributed by atoms with Gasteiger partial charge in [-0.15, -0.1) is 0 Å². The van der Waals surface area contributed by atoms with E-state index >= 15 is 0 Å². The fraction of sp³-hybridized carbons (Fsp3) is 0. The largest absolute Gasteiger partial charge is 0 e. The van der Waals surface area contributed by atoms with Crippen LogP contribution in [0.4, 0.5) is 0 Å². The average Bonchev–Trinajstić information content (AvgIpc) is 0. The standard InChI is InChI=1S/Al.K.Na.Zn. The minimum Gasteiger partial charge on any atom is 0 e. The Balaban J connectivity index is 0. The van der Waals surface area contributed by atoms with Gasteiger partial charge in [0, 0.05) is 118 Å². The fourth-order valence-electron chi connectivity index (χ4n) is 0. The molecule has 0 aliphatic heterocycles. The second kappa shape index (κ2) is 15.8. The van der Waals surface area contributed by atoms with E-state index in [1.165, 1.54) is 0 Å². The van der Waals surface area contributed by atoms with Crippen LogP contribution < -0.4 is 0 Å². The van der Waals surface area contributed by atoms with Crippen molar-refractivity contribution in [3.63, 3.8) is 0 Å². The summed E-state index contributed by atoms with van der Waals surface area (Å²) in [5, 5.41) is 0. The van der Waals surface area contributed by atoms with Gasteiger partial charge in [0.1, 0.15) is 0 Å². The first-order chi connectivity index (χ1) is 0. The van der Waals surface area contributed by atoms with Gasteiger partial charge in [-0.05, 0) is 0 Å². The van der Waals surface area contributed by atoms with Crippen molar-refractivity contribution in [2.75, 3.05) is 0 Å². The van der Waals surface area contributed by atoms with Gasteiger partial charge >= 0.3 is 0 Å². The van der Waals surface area contributed by atoms with E-state index in [1.54, 1.807) is 0 Å². The first-order valence-electron chi connectivity index (χ1n) is 0. The van der Waals surface area contributed by atoms with E-state index in [0.29, 0.717) is 0 Å². The second-order valence-electron chi connectivity index (χ2n) is 0. The minimum absolute atomic E-state index is 0. The Bertz CT molecular complexity index is 8.00. The van der Waals surface area contributed by atoms with Gasteiger partial charge in [0.25, 0.3) is 0 Å². The zero-order valence-electron chi connectivity index (χ0n) is 3.28. The SMILES string of the molecule is [Al].[K].[Na].[Zn]. The predicted octanol–water partition coefficient (Wildman–Crippen LogP) is -1.14. The third-order valence-electron chi connectivity index (χ3n) is 0. The summed E-state index contributed by atoms with van der Waals surface area (Å²) in [6.45, 7) is 0. The molecule has 0 heterocycles. The molecule has 4 heteroatoms. The van der Waals surface area contributed by atoms with Crippen LogP contribution in [0.25, 0.3) is 0 Å². The minimum atomic E-state index is 0. The van der Waals surface area contributed by atoms with Crippen LogP contribution in [0.15, 0.2) is 0 Å². The molecule has 0 fully saturated rings. The maximum atomic E-state index is 0. The van der Waals surface area contributed by atoms with Crippen molar-refractivity contribution in [1.82, 2.24) is 0 Å². The van der Waals surface area contributed by atoms with E-state index in [1.807, 2.05) is 0 Å². The summed E-state index contributed by atoms with van der Waals surface area (Å²) in [6, 6.07) is 0. The summed E-state index contributed by atoms with van der Waals surface area (Å²) in [7, 11) is 0. The number of hydrogen-bond acceptors (Lipinski definition) is 0. The summed E-state index contributed by atoms with van der Waals surface area (Å²) < 4.78 is 0. The van der Waals surface area contributed by atoms with E-state index in [9.17, 15) is 0 Å². The van der Waals surface area contributed by atoms with Crippen LogP contribution in [-0.2, 0) is 19.5 Å². The molecule has 0 rings (SSSR count). The van der Waals surface area contributed by atoms with Crippen molar-refractivity contribution in [1.29, 1.82) is 0 Å². The number of rotatable bonds is 0. The van der Waals surface area contributed by atoms with Crippen LogP contribution in [0.2, 0.25) is 0 Å². The molecule has 5 radical (unpaired) electrons. The summed E-state index contributed by atoms with van der Waals surface area (Å²) in [4.78, 5) is 0. The Morgan fingerprint density at radius 1 is 1.00 bits per heavy atom. The van der Waals surface area contributed by atoms with Crippen molar-refractivity contribution < 1.29 is 19.5 Å². The molecule has 0 spiro atoms. The molecule has 0 nitrogen and oxygen atoms in total. The van der Waals surface area contributed by atoms with Gasteiger partial charge in [-0.3, -0.25) is 0 Å². The van der Waals surface area contributed by atoms with Crippen molar-refractivity contribution in [2.45, 2.75) is 0 Å². The molecule has 0 saturated heterocycles. The summed E-state index contributed by atoms with van der Waals surface area (Å²) in [6.07, 6.45) is 0. The van der Waals surface area contributed by atoms with Gasteiger partial charge in [-0.1, -0.05) is 0 Å². The van der Waals surface area contributed by atoms with Crippen LogP contribution in [0, 0.1) is 0 Å². The molecule has 4 heavy (non-hydrogen) atoms. The van der Waals surface area contributed by atoms with Gasteiger partial charge < -0.3 is 0 Å². The Morgan fingerprint density at radius 2 is 1.00 bits per heavy atom. The van der Waals surface area contributed by atoms with Gasteiger partial charge in [0.2, 0.25) is 0 Å². The topological polar surface area (TPSA) is 0 Å². The maximum absolute atomic E-state index is 0. The molecule has 0 amide bonds. The molecule has 0 atom stereocenters. The molecule has 0 aromatic carbocycles. The zero-order chi connectivity index (χ0) is 0. The molecule has 0 aromatic rings. The predicted molar refractivity (Wildman–Crippen MR) is 17.3 cm³/mol. The summed E-state index contributed by atoms with van der Waals surface area (Å²) >= 11 is 0. The molecular weight excluding hydrogens is 154 g/mol. The molecular formula is AlKNaZn. The Hall–Kier alpha value is 3.79. The molecule has 0 saturated carbocycles. The molecule has 0 aliphatic rings. The van der Waals surface area contributed by atoms with E-state index in [2.05, 4.69) is 0 Å².